The van der Waals surface area contributed by atoms with E-state index in [9.17, 15) is 9.90 Å². The van der Waals surface area contributed by atoms with Crippen molar-refractivity contribution < 1.29 is 19.7 Å². The number of hydrogen-bond acceptors (Lipinski definition) is 3. The minimum absolute atomic E-state index is 0.0887. The van der Waals surface area contributed by atoms with Crippen LogP contribution in [0.4, 0.5) is 0 Å². The number of ether oxygens (including phenoxy) is 1. The van der Waals surface area contributed by atoms with E-state index in [-0.39, 0.29) is 6.61 Å². The number of carboxylic acid groups (broad SMARTS) is 1. The molecule has 21 heavy (non-hydrogen) atoms. The first kappa shape index (κ1) is 14.8. The van der Waals surface area contributed by atoms with Crippen LogP contribution >= 0.6 is 0 Å². The van der Waals surface area contributed by atoms with E-state index in [1.807, 2.05) is 25.1 Å². The van der Waals surface area contributed by atoms with E-state index in [1.54, 1.807) is 30.3 Å². The van der Waals surface area contributed by atoms with Gasteiger partial charge in [-0.25, -0.2) is 4.79 Å². The molecular formula is C17H16O4. The van der Waals surface area contributed by atoms with Crippen LogP contribution in [-0.4, -0.2) is 16.2 Å². The van der Waals surface area contributed by atoms with Crippen molar-refractivity contribution in [1.82, 2.24) is 0 Å². The Balaban J connectivity index is 2.22. The Hall–Kier alpha value is -2.59. The molecule has 2 aromatic rings. The fraction of sp³-hybridized carbons (Fsp3) is 0.118. The number of aliphatic hydroxyl groups is 1. The first-order valence-electron chi connectivity index (χ1n) is 6.48. The van der Waals surface area contributed by atoms with Gasteiger partial charge in [-0.3, -0.25) is 0 Å². The van der Waals surface area contributed by atoms with Gasteiger partial charge in [-0.1, -0.05) is 24.3 Å². The van der Waals surface area contributed by atoms with E-state index in [1.165, 1.54) is 0 Å². The maximum atomic E-state index is 10.5. The number of aliphatic hydroxyl groups excluding tert-OH is 1. The second kappa shape index (κ2) is 6.72. The smallest absolute Gasteiger partial charge is 0.328 e. The Kier molecular flexibility index (Phi) is 4.74. The van der Waals surface area contributed by atoms with Gasteiger partial charge in [0.15, 0.2) is 0 Å². The molecule has 0 aliphatic heterocycles. The lowest BCUT2D eigenvalue weighted by atomic mass is 10.1. The predicted molar refractivity (Wildman–Crippen MR) is 80.3 cm³/mol. The number of benzene rings is 2. The van der Waals surface area contributed by atoms with Crippen molar-refractivity contribution in [2.24, 2.45) is 0 Å². The summed E-state index contributed by atoms with van der Waals surface area (Å²) in [5.74, 6) is 0.265. The second-order valence-corrected chi connectivity index (χ2v) is 4.56. The molecule has 0 spiro atoms. The van der Waals surface area contributed by atoms with E-state index >= 15 is 0 Å². The summed E-state index contributed by atoms with van der Waals surface area (Å²) >= 11 is 0. The van der Waals surface area contributed by atoms with Crippen LogP contribution in [0.5, 0.6) is 11.5 Å². The first-order chi connectivity index (χ1) is 10.1. The number of carboxylic acids is 1. The lowest BCUT2D eigenvalue weighted by Crippen LogP contribution is -1.92. The van der Waals surface area contributed by atoms with Gasteiger partial charge in [0.05, 0.1) is 6.61 Å². The molecule has 0 radical (unpaired) electrons. The second-order valence-electron chi connectivity index (χ2n) is 4.56. The monoisotopic (exact) mass is 284 g/mol. The SMILES string of the molecule is Cc1cc(Oc2ccccc2CO)ccc1C=CC(=O)O. The quantitative estimate of drug-likeness (QED) is 0.826. The molecule has 0 fully saturated rings. The van der Waals surface area contributed by atoms with Gasteiger partial charge in [0.2, 0.25) is 0 Å². The van der Waals surface area contributed by atoms with Gasteiger partial charge in [0.1, 0.15) is 11.5 Å². The highest BCUT2D eigenvalue weighted by atomic mass is 16.5. The van der Waals surface area contributed by atoms with Crippen LogP contribution in [0.2, 0.25) is 0 Å². The minimum Gasteiger partial charge on any atom is -0.478 e. The molecule has 4 heteroatoms. The van der Waals surface area contributed by atoms with Crippen molar-refractivity contribution in [1.29, 1.82) is 0 Å². The van der Waals surface area contributed by atoms with Crippen molar-refractivity contribution in [2.45, 2.75) is 13.5 Å². The summed E-state index contributed by atoms with van der Waals surface area (Å²) in [6, 6.07) is 12.7. The highest BCUT2D eigenvalue weighted by Crippen LogP contribution is 2.27. The lowest BCUT2D eigenvalue weighted by molar-refractivity contribution is -0.131. The average Bonchev–Trinajstić information content (AvgIpc) is 2.47. The van der Waals surface area contributed by atoms with Crippen LogP contribution in [0.15, 0.2) is 48.5 Å². The number of rotatable bonds is 5. The molecule has 0 bridgehead atoms. The third-order valence-corrected chi connectivity index (χ3v) is 3.02. The molecule has 0 amide bonds. The van der Waals surface area contributed by atoms with Crippen LogP contribution in [-0.2, 0) is 11.4 Å². The molecule has 2 rings (SSSR count). The van der Waals surface area contributed by atoms with Crippen LogP contribution in [0.25, 0.3) is 6.08 Å². The lowest BCUT2D eigenvalue weighted by Gasteiger charge is -2.11. The van der Waals surface area contributed by atoms with Crippen LogP contribution < -0.4 is 4.74 Å². The van der Waals surface area contributed by atoms with E-state index in [4.69, 9.17) is 9.84 Å². The molecule has 0 saturated heterocycles. The van der Waals surface area contributed by atoms with Gasteiger partial charge in [-0.05, 0) is 42.3 Å². The number of carbonyl (C=O) groups is 1. The van der Waals surface area contributed by atoms with E-state index in [0.29, 0.717) is 17.1 Å². The standard InChI is InChI=1S/C17H16O4/c1-12-10-15(8-6-13(12)7-9-17(19)20)21-16-5-3-2-4-14(16)11-18/h2-10,18H,11H2,1H3,(H,19,20). The maximum Gasteiger partial charge on any atom is 0.328 e. The fourth-order valence-corrected chi connectivity index (χ4v) is 1.92. The summed E-state index contributed by atoms with van der Waals surface area (Å²) in [5.41, 5.74) is 2.44. The molecule has 0 atom stereocenters. The molecule has 2 aromatic carbocycles. The average molecular weight is 284 g/mol. The van der Waals surface area contributed by atoms with E-state index in [2.05, 4.69) is 0 Å². The third-order valence-electron chi connectivity index (χ3n) is 3.02. The number of hydrogen-bond donors (Lipinski definition) is 2. The first-order valence-corrected chi connectivity index (χ1v) is 6.48. The molecule has 0 aliphatic carbocycles. The summed E-state index contributed by atoms with van der Waals surface area (Å²) in [6.07, 6.45) is 2.65. The summed E-state index contributed by atoms with van der Waals surface area (Å²) in [7, 11) is 0. The van der Waals surface area contributed by atoms with Gasteiger partial charge in [0, 0.05) is 11.6 Å². The molecule has 0 unspecified atom stereocenters. The van der Waals surface area contributed by atoms with Gasteiger partial charge >= 0.3 is 5.97 Å². The zero-order valence-corrected chi connectivity index (χ0v) is 11.6. The largest absolute Gasteiger partial charge is 0.478 e. The molecule has 108 valence electrons. The maximum absolute atomic E-state index is 10.5. The zero-order valence-electron chi connectivity index (χ0n) is 11.6. The van der Waals surface area contributed by atoms with Crippen molar-refractivity contribution in [3.8, 4) is 11.5 Å². The predicted octanol–water partition coefficient (Wildman–Crippen LogP) is 3.38. The van der Waals surface area contributed by atoms with Crippen LogP contribution in [0.1, 0.15) is 16.7 Å². The third kappa shape index (κ3) is 3.94. The molecule has 4 nitrogen and oxygen atoms in total. The van der Waals surface area contributed by atoms with Crippen LogP contribution in [0.3, 0.4) is 0 Å². The Labute approximate surface area is 122 Å². The normalized spacial score (nSPS) is 10.8. The Morgan fingerprint density at radius 1 is 1.24 bits per heavy atom. The number of aliphatic carboxylic acids is 1. The van der Waals surface area contributed by atoms with E-state index in [0.717, 1.165) is 17.2 Å². The van der Waals surface area contributed by atoms with Crippen molar-refractivity contribution >= 4 is 12.0 Å². The van der Waals surface area contributed by atoms with Gasteiger partial charge in [-0.2, -0.15) is 0 Å². The number of para-hydroxylation sites is 1. The highest BCUT2D eigenvalue weighted by Gasteiger charge is 2.04. The van der Waals surface area contributed by atoms with Crippen molar-refractivity contribution in [2.75, 3.05) is 0 Å². The zero-order chi connectivity index (χ0) is 15.2. The van der Waals surface area contributed by atoms with Crippen molar-refractivity contribution in [3.63, 3.8) is 0 Å². The van der Waals surface area contributed by atoms with Gasteiger partial charge in [0.25, 0.3) is 0 Å². The van der Waals surface area contributed by atoms with E-state index < -0.39 is 5.97 Å². The summed E-state index contributed by atoms with van der Waals surface area (Å²) in [5, 5.41) is 17.9. The molecular weight excluding hydrogens is 268 g/mol. The summed E-state index contributed by atoms with van der Waals surface area (Å²) in [6.45, 7) is 1.79. The Morgan fingerprint density at radius 3 is 2.67 bits per heavy atom. The molecule has 0 heterocycles. The Bertz CT molecular complexity index is 674. The fourth-order valence-electron chi connectivity index (χ4n) is 1.92. The summed E-state index contributed by atoms with van der Waals surface area (Å²) in [4.78, 5) is 10.5. The molecule has 2 N–H and O–H groups in total. The number of aryl methyl sites for hydroxylation is 1. The highest BCUT2D eigenvalue weighted by molar-refractivity contribution is 5.85. The summed E-state index contributed by atoms with van der Waals surface area (Å²) < 4.78 is 5.76. The van der Waals surface area contributed by atoms with Crippen molar-refractivity contribution in [3.05, 3.63) is 65.2 Å². The minimum atomic E-state index is -0.980. The molecule has 0 saturated carbocycles. The molecule has 0 aliphatic rings. The van der Waals surface area contributed by atoms with Gasteiger partial charge in [-0.15, -0.1) is 0 Å². The molecule has 0 aromatic heterocycles. The van der Waals surface area contributed by atoms with Crippen LogP contribution in [0, 0.1) is 6.92 Å². The van der Waals surface area contributed by atoms with Gasteiger partial charge < -0.3 is 14.9 Å². The topological polar surface area (TPSA) is 66.8 Å². The Morgan fingerprint density at radius 2 is 2.00 bits per heavy atom.